The molecule has 0 saturated heterocycles. The number of hydrogen-bond acceptors (Lipinski definition) is 2. The minimum Gasteiger partial charge on any atom is -0.272 e. The number of carbonyl (C=O) groups is 1. The topological polar surface area (TPSA) is 32.7 Å². The maximum atomic E-state index is 12.6. The van der Waals surface area contributed by atoms with Crippen LogP contribution in [-0.4, -0.2) is 17.8 Å². The second-order valence-electron chi connectivity index (χ2n) is 3.40. The fourth-order valence-electron chi connectivity index (χ4n) is 1.37. The zero-order valence-corrected chi connectivity index (χ0v) is 8.33. The number of benzene rings is 1. The summed E-state index contributed by atoms with van der Waals surface area (Å²) in [5.41, 5.74) is -1.04. The average Bonchev–Trinajstić information content (AvgIpc) is 2.61. The summed E-state index contributed by atoms with van der Waals surface area (Å²) in [6.45, 7) is 0. The molecule has 0 unspecified atom stereocenters. The molecule has 2 rings (SSSR count). The molecular weight excluding hydrogens is 240 g/mol. The fourth-order valence-corrected chi connectivity index (χ4v) is 1.37. The van der Waals surface area contributed by atoms with Crippen LogP contribution in [0.2, 0.25) is 0 Å². The lowest BCUT2D eigenvalue weighted by Gasteiger charge is -2.10. The number of halogens is 4. The van der Waals surface area contributed by atoms with Crippen molar-refractivity contribution in [1.29, 1.82) is 0 Å². The molecule has 1 heterocycles. The van der Waals surface area contributed by atoms with Gasteiger partial charge in [-0.15, -0.1) is 0 Å². The van der Waals surface area contributed by atoms with Crippen LogP contribution >= 0.6 is 0 Å². The number of anilines is 1. The second-order valence-corrected chi connectivity index (χ2v) is 3.40. The summed E-state index contributed by atoms with van der Waals surface area (Å²) in [5.74, 6) is -1.33. The quantitative estimate of drug-likeness (QED) is 0.700. The number of amides is 1. The highest BCUT2D eigenvalue weighted by molar-refractivity contribution is 6.14. The van der Waals surface area contributed by atoms with Crippen LogP contribution in [0.25, 0.3) is 0 Å². The van der Waals surface area contributed by atoms with Crippen LogP contribution in [0.1, 0.15) is 6.42 Å². The van der Waals surface area contributed by atoms with E-state index in [1.165, 1.54) is 12.1 Å². The number of rotatable bonds is 1. The first kappa shape index (κ1) is 11.6. The van der Waals surface area contributed by atoms with Gasteiger partial charge >= 0.3 is 6.18 Å². The summed E-state index contributed by atoms with van der Waals surface area (Å²) < 4.78 is 49.6. The monoisotopic (exact) mass is 246 g/mol. The molecule has 1 aromatic carbocycles. The van der Waals surface area contributed by atoms with E-state index in [0.29, 0.717) is 5.01 Å². The van der Waals surface area contributed by atoms with Gasteiger partial charge in [-0.1, -0.05) is 0 Å². The first-order chi connectivity index (χ1) is 7.88. The number of nitrogens with zero attached hydrogens (tertiary/aromatic N) is 2. The smallest absolute Gasteiger partial charge is 0.272 e. The van der Waals surface area contributed by atoms with Gasteiger partial charge in [-0.2, -0.15) is 18.3 Å². The van der Waals surface area contributed by atoms with Gasteiger partial charge in [-0.05, 0) is 24.3 Å². The molecular formula is C10H6F4N2O. The van der Waals surface area contributed by atoms with Gasteiger partial charge in [-0.3, -0.25) is 4.79 Å². The van der Waals surface area contributed by atoms with E-state index in [4.69, 9.17) is 0 Å². The van der Waals surface area contributed by atoms with Crippen LogP contribution in [0.3, 0.4) is 0 Å². The minimum absolute atomic E-state index is 0.107. The Hall–Kier alpha value is -1.92. The standard InChI is InChI=1S/C10H6F4N2O/c11-6-1-3-7(4-2-6)16-9(17)5-8(15-16)10(12,13)14/h1-4H,5H2. The van der Waals surface area contributed by atoms with E-state index >= 15 is 0 Å². The lowest BCUT2D eigenvalue weighted by molar-refractivity contribution is -0.117. The number of alkyl halides is 3. The first-order valence-corrected chi connectivity index (χ1v) is 4.61. The third-order valence-corrected chi connectivity index (χ3v) is 2.17. The molecule has 0 radical (unpaired) electrons. The Kier molecular flexibility index (Phi) is 2.60. The Bertz CT molecular complexity index is 478. The van der Waals surface area contributed by atoms with E-state index in [1.54, 1.807) is 0 Å². The van der Waals surface area contributed by atoms with Gasteiger partial charge in [0.25, 0.3) is 5.91 Å². The van der Waals surface area contributed by atoms with E-state index < -0.39 is 30.0 Å². The lowest BCUT2D eigenvalue weighted by atomic mass is 10.2. The maximum absolute atomic E-state index is 12.6. The predicted molar refractivity (Wildman–Crippen MR) is 52.0 cm³/mol. The fraction of sp³-hybridized carbons (Fsp3) is 0.200. The van der Waals surface area contributed by atoms with E-state index in [-0.39, 0.29) is 5.69 Å². The van der Waals surface area contributed by atoms with Crippen molar-refractivity contribution in [3.8, 4) is 0 Å². The molecule has 1 amide bonds. The zero-order valence-electron chi connectivity index (χ0n) is 8.33. The van der Waals surface area contributed by atoms with Gasteiger partial charge in [0, 0.05) is 0 Å². The molecule has 7 heteroatoms. The van der Waals surface area contributed by atoms with Crippen LogP contribution in [0.5, 0.6) is 0 Å². The molecule has 90 valence electrons. The molecule has 0 bridgehead atoms. The van der Waals surface area contributed by atoms with E-state index in [1.807, 2.05) is 0 Å². The molecule has 1 aromatic rings. The third-order valence-electron chi connectivity index (χ3n) is 2.17. The molecule has 17 heavy (non-hydrogen) atoms. The summed E-state index contributed by atoms with van der Waals surface area (Å²) in [6.07, 6.45) is -5.41. The average molecular weight is 246 g/mol. The third kappa shape index (κ3) is 2.27. The summed E-state index contributed by atoms with van der Waals surface area (Å²) in [4.78, 5) is 11.3. The van der Waals surface area contributed by atoms with E-state index in [2.05, 4.69) is 5.10 Å². The Labute approximate surface area is 93.3 Å². The number of hydrazone groups is 1. The molecule has 1 aliphatic heterocycles. The Morgan fingerprint density at radius 2 is 1.76 bits per heavy atom. The molecule has 0 atom stereocenters. The normalized spacial score (nSPS) is 16.4. The highest BCUT2D eigenvalue weighted by Gasteiger charge is 2.42. The van der Waals surface area contributed by atoms with Gasteiger partial charge in [-0.25, -0.2) is 9.40 Å². The van der Waals surface area contributed by atoms with E-state index in [9.17, 15) is 22.4 Å². The van der Waals surface area contributed by atoms with Crippen molar-refractivity contribution in [2.24, 2.45) is 5.10 Å². The molecule has 0 spiro atoms. The van der Waals surface area contributed by atoms with Gasteiger partial charge in [0.05, 0.1) is 12.1 Å². The van der Waals surface area contributed by atoms with Gasteiger partial charge in [0.15, 0.2) is 5.71 Å². The van der Waals surface area contributed by atoms with Gasteiger partial charge in [0.2, 0.25) is 0 Å². The van der Waals surface area contributed by atoms with Crippen molar-refractivity contribution in [1.82, 2.24) is 0 Å². The summed E-state index contributed by atoms with van der Waals surface area (Å²) in [5, 5.41) is 3.82. The molecule has 0 N–H and O–H groups in total. The van der Waals surface area contributed by atoms with Crippen molar-refractivity contribution >= 4 is 17.3 Å². The number of hydrogen-bond donors (Lipinski definition) is 0. The molecule has 0 aliphatic carbocycles. The molecule has 0 aromatic heterocycles. The molecule has 0 fully saturated rings. The van der Waals surface area contributed by atoms with Crippen LogP contribution in [0, 0.1) is 5.82 Å². The highest BCUT2D eigenvalue weighted by atomic mass is 19.4. The van der Waals surface area contributed by atoms with E-state index in [0.717, 1.165) is 12.1 Å². The minimum atomic E-state index is -4.62. The summed E-state index contributed by atoms with van der Waals surface area (Å²) >= 11 is 0. The van der Waals surface area contributed by atoms with Crippen molar-refractivity contribution in [3.63, 3.8) is 0 Å². The van der Waals surface area contributed by atoms with Crippen molar-refractivity contribution in [3.05, 3.63) is 30.1 Å². The zero-order chi connectivity index (χ0) is 12.6. The second kappa shape index (κ2) is 3.83. The van der Waals surface area contributed by atoms with Crippen molar-refractivity contribution < 1.29 is 22.4 Å². The highest BCUT2D eigenvalue weighted by Crippen LogP contribution is 2.28. The largest absolute Gasteiger partial charge is 0.431 e. The summed E-state index contributed by atoms with van der Waals surface area (Å²) in [6, 6.07) is 4.47. The molecule has 3 nitrogen and oxygen atoms in total. The van der Waals surface area contributed by atoms with Crippen molar-refractivity contribution in [2.45, 2.75) is 12.6 Å². The first-order valence-electron chi connectivity index (χ1n) is 4.61. The van der Waals surface area contributed by atoms with Crippen LogP contribution < -0.4 is 5.01 Å². The number of carbonyl (C=O) groups excluding carboxylic acids is 1. The van der Waals surface area contributed by atoms with Gasteiger partial charge in [0.1, 0.15) is 5.82 Å². The van der Waals surface area contributed by atoms with Crippen LogP contribution in [0.15, 0.2) is 29.4 Å². The predicted octanol–water partition coefficient (Wildman–Crippen LogP) is 2.48. The summed E-state index contributed by atoms with van der Waals surface area (Å²) in [7, 11) is 0. The molecule has 0 saturated carbocycles. The Morgan fingerprint density at radius 1 is 1.18 bits per heavy atom. The van der Waals surface area contributed by atoms with Crippen LogP contribution in [-0.2, 0) is 4.79 Å². The Morgan fingerprint density at radius 3 is 2.24 bits per heavy atom. The molecule has 1 aliphatic rings. The van der Waals surface area contributed by atoms with Gasteiger partial charge < -0.3 is 0 Å². The van der Waals surface area contributed by atoms with Crippen LogP contribution in [0.4, 0.5) is 23.2 Å². The maximum Gasteiger partial charge on any atom is 0.431 e. The Balaban J connectivity index is 2.31. The van der Waals surface area contributed by atoms with Crippen molar-refractivity contribution in [2.75, 3.05) is 5.01 Å². The SMILES string of the molecule is O=C1CC(C(F)(F)F)=NN1c1ccc(F)cc1. The lowest BCUT2D eigenvalue weighted by Crippen LogP contribution is -2.22.